The number of carbonyl (C=O) groups is 1. The number of likely N-dealkylation sites (N-methyl/N-ethyl adjacent to an activating group) is 1. The van der Waals surface area contributed by atoms with Crippen LogP contribution in [0.5, 0.6) is 11.5 Å². The van der Waals surface area contributed by atoms with E-state index < -0.39 is 11.5 Å². The molecule has 6 heteroatoms. The van der Waals surface area contributed by atoms with Crippen LogP contribution in [0.25, 0.3) is 0 Å². The first-order valence-corrected chi connectivity index (χ1v) is 6.49. The van der Waals surface area contributed by atoms with Gasteiger partial charge in [0.1, 0.15) is 17.1 Å². The first-order valence-electron chi connectivity index (χ1n) is 6.49. The van der Waals surface area contributed by atoms with Crippen molar-refractivity contribution in [2.75, 3.05) is 26.8 Å². The highest BCUT2D eigenvalue weighted by Crippen LogP contribution is 2.28. The fourth-order valence-electron chi connectivity index (χ4n) is 2.36. The summed E-state index contributed by atoms with van der Waals surface area (Å²) in [7, 11) is 1.53. The highest BCUT2D eigenvalue weighted by Gasteiger charge is 2.33. The Balaban J connectivity index is 2.12. The van der Waals surface area contributed by atoms with E-state index in [0.29, 0.717) is 26.1 Å². The fourth-order valence-corrected chi connectivity index (χ4v) is 2.36. The summed E-state index contributed by atoms with van der Waals surface area (Å²) in [5, 5.41) is 29.8. The second kappa shape index (κ2) is 5.68. The number of ether oxygens (including phenoxy) is 1. The number of benzene rings is 1. The highest BCUT2D eigenvalue weighted by molar-refractivity contribution is 5.99. The molecule has 0 unspecified atom stereocenters. The number of carbonyl (C=O) groups excluding carboxylic acids is 1. The maximum Gasteiger partial charge on any atom is 0.261 e. The standard InChI is InChI=1S/C14H19NO5/c1-15(9-14(19)5-7-20-8-6-14)13(18)12-10(16)3-2-4-11(12)17/h2-4,16-17,19H,5-9H2,1H3. The van der Waals surface area contributed by atoms with Crippen LogP contribution < -0.4 is 0 Å². The van der Waals surface area contributed by atoms with Crippen LogP contribution >= 0.6 is 0 Å². The minimum Gasteiger partial charge on any atom is -0.507 e. The molecular weight excluding hydrogens is 262 g/mol. The van der Waals surface area contributed by atoms with Gasteiger partial charge in [0.25, 0.3) is 5.91 Å². The van der Waals surface area contributed by atoms with E-state index >= 15 is 0 Å². The van der Waals surface area contributed by atoms with E-state index in [1.807, 2.05) is 0 Å². The van der Waals surface area contributed by atoms with Crippen molar-refractivity contribution < 1.29 is 24.9 Å². The molecule has 0 bridgehead atoms. The van der Waals surface area contributed by atoms with Crippen LogP contribution in [-0.2, 0) is 4.74 Å². The normalized spacial score (nSPS) is 17.7. The van der Waals surface area contributed by atoms with E-state index in [-0.39, 0.29) is 23.6 Å². The zero-order valence-corrected chi connectivity index (χ0v) is 11.4. The summed E-state index contributed by atoms with van der Waals surface area (Å²) in [6, 6.07) is 4.13. The smallest absolute Gasteiger partial charge is 0.261 e. The second-order valence-corrected chi connectivity index (χ2v) is 5.17. The molecule has 1 aliphatic heterocycles. The average Bonchev–Trinajstić information content (AvgIpc) is 2.38. The summed E-state index contributed by atoms with van der Waals surface area (Å²) in [6.45, 7) is 1.05. The molecule has 0 aliphatic carbocycles. The van der Waals surface area contributed by atoms with Crippen LogP contribution in [0, 0.1) is 0 Å². The van der Waals surface area contributed by atoms with Crippen molar-refractivity contribution in [3.8, 4) is 11.5 Å². The molecule has 0 atom stereocenters. The number of hydrogen-bond donors (Lipinski definition) is 3. The summed E-state index contributed by atoms with van der Waals surface area (Å²) >= 11 is 0. The first-order chi connectivity index (χ1) is 9.43. The van der Waals surface area contributed by atoms with Crippen LogP contribution in [0.4, 0.5) is 0 Å². The minimum atomic E-state index is -0.983. The third-order valence-electron chi connectivity index (χ3n) is 3.54. The van der Waals surface area contributed by atoms with Gasteiger partial charge in [-0.05, 0) is 12.1 Å². The zero-order chi connectivity index (χ0) is 14.8. The molecule has 0 aromatic heterocycles. The summed E-state index contributed by atoms with van der Waals surface area (Å²) < 4.78 is 5.19. The molecule has 0 radical (unpaired) electrons. The van der Waals surface area contributed by atoms with Crippen molar-refractivity contribution in [1.82, 2.24) is 4.90 Å². The van der Waals surface area contributed by atoms with Gasteiger partial charge in [-0.3, -0.25) is 4.79 Å². The van der Waals surface area contributed by atoms with Crippen molar-refractivity contribution in [2.24, 2.45) is 0 Å². The SMILES string of the molecule is CN(CC1(O)CCOCC1)C(=O)c1c(O)cccc1O. The van der Waals surface area contributed by atoms with E-state index in [1.54, 1.807) is 0 Å². The number of phenols is 2. The summed E-state index contributed by atoms with van der Waals surface area (Å²) in [4.78, 5) is 13.6. The Labute approximate surface area is 117 Å². The number of rotatable bonds is 3. The molecular formula is C14H19NO5. The molecule has 1 aromatic carbocycles. The van der Waals surface area contributed by atoms with Gasteiger partial charge in [-0.15, -0.1) is 0 Å². The van der Waals surface area contributed by atoms with E-state index in [9.17, 15) is 20.1 Å². The molecule has 110 valence electrons. The summed E-state index contributed by atoms with van der Waals surface area (Å²) in [5.74, 6) is -1.08. The predicted molar refractivity (Wildman–Crippen MR) is 71.7 cm³/mol. The van der Waals surface area contributed by atoms with Crippen molar-refractivity contribution in [1.29, 1.82) is 0 Å². The van der Waals surface area contributed by atoms with Gasteiger partial charge in [0.15, 0.2) is 0 Å². The van der Waals surface area contributed by atoms with Gasteiger partial charge >= 0.3 is 0 Å². The van der Waals surface area contributed by atoms with Crippen molar-refractivity contribution >= 4 is 5.91 Å². The van der Waals surface area contributed by atoms with E-state index in [1.165, 1.54) is 30.1 Å². The van der Waals surface area contributed by atoms with E-state index in [4.69, 9.17) is 4.74 Å². The molecule has 1 amide bonds. The predicted octanol–water partition coefficient (Wildman–Crippen LogP) is 0.711. The Morgan fingerprint density at radius 2 is 1.85 bits per heavy atom. The number of hydrogen-bond acceptors (Lipinski definition) is 5. The maximum absolute atomic E-state index is 12.3. The molecule has 6 nitrogen and oxygen atoms in total. The van der Waals surface area contributed by atoms with Gasteiger partial charge in [-0.25, -0.2) is 0 Å². The Bertz CT molecular complexity index is 476. The lowest BCUT2D eigenvalue weighted by atomic mass is 9.93. The summed E-state index contributed by atoms with van der Waals surface area (Å²) in [6.07, 6.45) is 0.911. The number of phenolic OH excluding ortho intramolecular Hbond substituents is 2. The Hall–Kier alpha value is -1.79. The van der Waals surface area contributed by atoms with E-state index in [0.717, 1.165) is 0 Å². The quantitative estimate of drug-likeness (QED) is 0.759. The number of aromatic hydroxyl groups is 2. The van der Waals surface area contributed by atoms with E-state index in [2.05, 4.69) is 0 Å². The molecule has 3 N–H and O–H groups in total. The number of amides is 1. The molecule has 1 heterocycles. The average molecular weight is 281 g/mol. The van der Waals surface area contributed by atoms with Gasteiger partial charge in [-0.2, -0.15) is 0 Å². The maximum atomic E-state index is 12.3. The van der Waals surface area contributed by atoms with Crippen LogP contribution in [0.15, 0.2) is 18.2 Å². The molecule has 1 fully saturated rings. The molecule has 1 aromatic rings. The van der Waals surface area contributed by atoms with Crippen LogP contribution in [-0.4, -0.2) is 58.5 Å². The van der Waals surface area contributed by atoms with Crippen LogP contribution in [0.3, 0.4) is 0 Å². The lowest BCUT2D eigenvalue weighted by molar-refractivity contribution is -0.0734. The fraction of sp³-hybridized carbons (Fsp3) is 0.500. The molecule has 2 rings (SSSR count). The molecule has 1 aliphatic rings. The highest BCUT2D eigenvalue weighted by atomic mass is 16.5. The largest absolute Gasteiger partial charge is 0.507 e. The lowest BCUT2D eigenvalue weighted by Crippen LogP contribution is -2.47. The lowest BCUT2D eigenvalue weighted by Gasteiger charge is -2.35. The van der Waals surface area contributed by atoms with Crippen LogP contribution in [0.2, 0.25) is 0 Å². The van der Waals surface area contributed by atoms with Crippen molar-refractivity contribution in [2.45, 2.75) is 18.4 Å². The number of aliphatic hydroxyl groups is 1. The zero-order valence-electron chi connectivity index (χ0n) is 11.4. The molecule has 1 saturated heterocycles. The Kier molecular flexibility index (Phi) is 4.15. The Morgan fingerprint density at radius 3 is 2.40 bits per heavy atom. The van der Waals surface area contributed by atoms with Crippen molar-refractivity contribution in [3.63, 3.8) is 0 Å². The third kappa shape index (κ3) is 3.02. The monoisotopic (exact) mass is 281 g/mol. The van der Waals surface area contributed by atoms with Crippen molar-refractivity contribution in [3.05, 3.63) is 23.8 Å². The number of nitrogens with zero attached hydrogens (tertiary/aromatic N) is 1. The van der Waals surface area contributed by atoms with Gasteiger partial charge in [0, 0.05) is 39.6 Å². The van der Waals surface area contributed by atoms with Gasteiger partial charge in [-0.1, -0.05) is 6.07 Å². The van der Waals surface area contributed by atoms with Gasteiger partial charge < -0.3 is 25.0 Å². The topological polar surface area (TPSA) is 90.2 Å². The second-order valence-electron chi connectivity index (χ2n) is 5.17. The first kappa shape index (κ1) is 14.6. The summed E-state index contributed by atoms with van der Waals surface area (Å²) in [5.41, 5.74) is -1.13. The third-order valence-corrected chi connectivity index (χ3v) is 3.54. The van der Waals surface area contributed by atoms with Crippen LogP contribution in [0.1, 0.15) is 23.2 Å². The molecule has 0 saturated carbocycles. The van der Waals surface area contributed by atoms with Gasteiger partial charge in [0.05, 0.1) is 5.60 Å². The molecule has 0 spiro atoms. The molecule has 20 heavy (non-hydrogen) atoms. The minimum absolute atomic E-state index is 0.128. The Morgan fingerprint density at radius 1 is 1.30 bits per heavy atom. The van der Waals surface area contributed by atoms with Gasteiger partial charge in [0.2, 0.25) is 0 Å².